The Hall–Kier alpha value is -1.24. The fourth-order valence-corrected chi connectivity index (χ4v) is 3.22. The van der Waals surface area contributed by atoms with Crippen molar-refractivity contribution in [2.24, 2.45) is 5.73 Å². The normalized spacial score (nSPS) is 20.8. The number of nitrogens with two attached hydrogens (primary N) is 1. The van der Waals surface area contributed by atoms with Crippen molar-refractivity contribution < 1.29 is 4.79 Å². The van der Waals surface area contributed by atoms with Gasteiger partial charge >= 0.3 is 0 Å². The maximum atomic E-state index is 11.2. The third kappa shape index (κ3) is 2.56. The molecule has 1 saturated carbocycles. The highest BCUT2D eigenvalue weighted by Gasteiger charge is 2.33. The number of hydrogen-bond acceptors (Lipinski definition) is 5. The first-order valence-corrected chi connectivity index (χ1v) is 7.70. The second kappa shape index (κ2) is 5.03. The van der Waals surface area contributed by atoms with Gasteiger partial charge in [-0.25, -0.2) is 0 Å². The van der Waals surface area contributed by atoms with E-state index in [9.17, 15) is 4.79 Å². The highest BCUT2D eigenvalue weighted by molar-refractivity contribution is 8.00. The predicted molar refractivity (Wildman–Crippen MR) is 74.3 cm³/mol. The molecule has 19 heavy (non-hydrogen) atoms. The van der Waals surface area contributed by atoms with Crippen molar-refractivity contribution in [3.05, 3.63) is 0 Å². The van der Waals surface area contributed by atoms with Gasteiger partial charge in [-0.15, -0.1) is 10.2 Å². The third-order valence-corrected chi connectivity index (χ3v) is 4.71. The Morgan fingerprint density at radius 1 is 1.37 bits per heavy atom. The molecule has 0 spiro atoms. The van der Waals surface area contributed by atoms with Crippen molar-refractivity contribution in [3.63, 3.8) is 0 Å². The number of carbonyl (C=O) groups excluding carboxylic acids is 1. The van der Waals surface area contributed by atoms with Gasteiger partial charge in [-0.2, -0.15) is 0 Å². The highest BCUT2D eigenvalue weighted by atomic mass is 32.2. The molecular formula is C12H19N5OS. The van der Waals surface area contributed by atoms with Crippen LogP contribution in [0.5, 0.6) is 0 Å². The first-order valence-electron chi connectivity index (χ1n) is 6.82. The van der Waals surface area contributed by atoms with E-state index in [1.54, 1.807) is 0 Å². The van der Waals surface area contributed by atoms with E-state index in [0.717, 1.165) is 24.2 Å². The minimum Gasteiger partial charge on any atom is -0.369 e. The molecule has 2 aliphatic rings. The molecule has 1 aliphatic carbocycles. The van der Waals surface area contributed by atoms with Crippen LogP contribution in [0.1, 0.15) is 38.6 Å². The molecule has 3 rings (SSSR count). The van der Waals surface area contributed by atoms with Gasteiger partial charge in [-0.3, -0.25) is 9.36 Å². The van der Waals surface area contributed by atoms with Gasteiger partial charge in [0, 0.05) is 19.1 Å². The molecule has 2 fully saturated rings. The zero-order valence-electron chi connectivity index (χ0n) is 11.1. The number of thioether (sulfide) groups is 1. The minimum absolute atomic E-state index is 0.270. The fraction of sp³-hybridized carbons (Fsp3) is 0.750. The standard InChI is InChI=1S/C12H19N5OS/c1-8(10(13)18)19-12-15-14-11(16-6-2-3-7-16)17(12)9-4-5-9/h8-9H,2-7H2,1H3,(H2,13,18)/t8-/m0/s1. The van der Waals surface area contributed by atoms with Gasteiger partial charge in [0.05, 0.1) is 5.25 Å². The minimum atomic E-state index is -0.307. The number of hydrogen-bond donors (Lipinski definition) is 1. The Kier molecular flexibility index (Phi) is 3.38. The molecule has 1 aromatic heterocycles. The number of amides is 1. The van der Waals surface area contributed by atoms with E-state index in [1.165, 1.54) is 37.4 Å². The predicted octanol–water partition coefficient (Wildman–Crippen LogP) is 1.18. The van der Waals surface area contributed by atoms with E-state index in [-0.39, 0.29) is 11.2 Å². The average molecular weight is 281 g/mol. The van der Waals surface area contributed by atoms with Gasteiger partial charge in [-0.1, -0.05) is 11.8 Å². The number of aromatic nitrogens is 3. The lowest BCUT2D eigenvalue weighted by Crippen LogP contribution is -2.24. The zero-order chi connectivity index (χ0) is 13.4. The van der Waals surface area contributed by atoms with Crippen LogP contribution in [0.4, 0.5) is 5.95 Å². The fourth-order valence-electron chi connectivity index (χ4n) is 2.35. The summed E-state index contributed by atoms with van der Waals surface area (Å²) in [4.78, 5) is 13.5. The summed E-state index contributed by atoms with van der Waals surface area (Å²) in [5.41, 5.74) is 5.33. The summed E-state index contributed by atoms with van der Waals surface area (Å²) in [6, 6.07) is 0.508. The lowest BCUT2D eigenvalue weighted by molar-refractivity contribution is -0.117. The third-order valence-electron chi connectivity index (χ3n) is 3.63. The van der Waals surface area contributed by atoms with Crippen LogP contribution in [-0.4, -0.2) is 39.0 Å². The summed E-state index contributed by atoms with van der Waals surface area (Å²) in [7, 11) is 0. The van der Waals surface area contributed by atoms with Gasteiger partial charge in [0.15, 0.2) is 5.16 Å². The second-order valence-corrected chi connectivity index (χ2v) is 6.55. The molecule has 2 N–H and O–H groups in total. The molecule has 0 aromatic carbocycles. The Bertz CT molecular complexity index is 478. The Morgan fingerprint density at radius 2 is 2.05 bits per heavy atom. The molecule has 0 unspecified atom stereocenters. The van der Waals surface area contributed by atoms with Crippen LogP contribution in [-0.2, 0) is 4.79 Å². The summed E-state index contributed by atoms with van der Waals surface area (Å²) in [5.74, 6) is 0.664. The van der Waals surface area contributed by atoms with E-state index in [0.29, 0.717) is 6.04 Å². The van der Waals surface area contributed by atoms with Crippen LogP contribution in [0.3, 0.4) is 0 Å². The van der Waals surface area contributed by atoms with Crippen molar-refractivity contribution in [3.8, 4) is 0 Å². The Morgan fingerprint density at radius 3 is 2.63 bits per heavy atom. The quantitative estimate of drug-likeness (QED) is 0.820. The Balaban J connectivity index is 1.85. The summed E-state index contributed by atoms with van der Waals surface area (Å²) in [6.45, 7) is 3.93. The van der Waals surface area contributed by atoms with Gasteiger partial charge in [0.25, 0.3) is 0 Å². The summed E-state index contributed by atoms with van der Waals surface area (Å²) < 4.78 is 2.20. The van der Waals surface area contributed by atoms with Crippen molar-refractivity contribution in [1.82, 2.24) is 14.8 Å². The van der Waals surface area contributed by atoms with E-state index >= 15 is 0 Å². The smallest absolute Gasteiger partial charge is 0.230 e. The van der Waals surface area contributed by atoms with Gasteiger partial charge in [0.2, 0.25) is 11.9 Å². The maximum absolute atomic E-state index is 11.2. The SMILES string of the molecule is C[C@H](Sc1nnc(N2CCCC2)n1C1CC1)C(N)=O. The first-order chi connectivity index (χ1) is 9.16. The number of nitrogens with zero attached hydrogens (tertiary/aromatic N) is 4. The van der Waals surface area contributed by atoms with Crippen LogP contribution in [0, 0.1) is 0 Å². The van der Waals surface area contributed by atoms with Crippen LogP contribution in [0.15, 0.2) is 5.16 Å². The number of anilines is 1. The molecule has 1 aliphatic heterocycles. The van der Waals surface area contributed by atoms with Crippen LogP contribution < -0.4 is 10.6 Å². The van der Waals surface area contributed by atoms with Crippen molar-refractivity contribution in [1.29, 1.82) is 0 Å². The molecular weight excluding hydrogens is 262 g/mol. The van der Waals surface area contributed by atoms with Gasteiger partial charge in [0.1, 0.15) is 0 Å². The lowest BCUT2D eigenvalue weighted by atomic mass is 10.4. The molecule has 7 heteroatoms. The van der Waals surface area contributed by atoms with Crippen molar-refractivity contribution in [2.45, 2.75) is 49.1 Å². The molecule has 104 valence electrons. The van der Waals surface area contributed by atoms with Crippen molar-refractivity contribution >= 4 is 23.6 Å². The summed E-state index contributed by atoms with van der Waals surface area (Å²) >= 11 is 1.41. The molecule has 2 heterocycles. The molecule has 1 saturated heterocycles. The number of carbonyl (C=O) groups is 1. The molecule has 1 amide bonds. The maximum Gasteiger partial charge on any atom is 0.230 e. The number of primary amides is 1. The van der Waals surface area contributed by atoms with E-state index in [2.05, 4.69) is 19.7 Å². The largest absolute Gasteiger partial charge is 0.369 e. The van der Waals surface area contributed by atoms with E-state index in [4.69, 9.17) is 5.73 Å². The average Bonchev–Trinajstić information content (AvgIpc) is 2.91. The van der Waals surface area contributed by atoms with E-state index < -0.39 is 0 Å². The van der Waals surface area contributed by atoms with Gasteiger partial charge < -0.3 is 10.6 Å². The van der Waals surface area contributed by atoms with Gasteiger partial charge in [-0.05, 0) is 32.6 Å². The topological polar surface area (TPSA) is 77.0 Å². The lowest BCUT2D eigenvalue weighted by Gasteiger charge is -2.18. The molecule has 6 nitrogen and oxygen atoms in total. The summed E-state index contributed by atoms with van der Waals surface area (Å²) in [6.07, 6.45) is 4.80. The Labute approximate surface area is 116 Å². The summed E-state index contributed by atoms with van der Waals surface area (Å²) in [5, 5.41) is 9.17. The van der Waals surface area contributed by atoms with Crippen LogP contribution in [0.25, 0.3) is 0 Å². The van der Waals surface area contributed by atoms with Crippen molar-refractivity contribution in [2.75, 3.05) is 18.0 Å². The highest BCUT2D eigenvalue weighted by Crippen LogP contribution is 2.41. The molecule has 1 aromatic rings. The monoisotopic (exact) mass is 281 g/mol. The van der Waals surface area contributed by atoms with Crippen LogP contribution >= 0.6 is 11.8 Å². The molecule has 1 atom stereocenters. The molecule has 0 bridgehead atoms. The molecule has 0 radical (unpaired) electrons. The zero-order valence-corrected chi connectivity index (χ0v) is 11.9. The second-order valence-electron chi connectivity index (χ2n) is 5.24. The van der Waals surface area contributed by atoms with Crippen LogP contribution in [0.2, 0.25) is 0 Å². The first kappa shape index (κ1) is 12.8. The van der Waals surface area contributed by atoms with E-state index in [1.807, 2.05) is 6.92 Å². The number of rotatable bonds is 5.